The zero-order valence-electron chi connectivity index (χ0n) is 9.56. The van der Waals surface area contributed by atoms with E-state index in [9.17, 15) is 9.59 Å². The Labute approximate surface area is 95.0 Å². The van der Waals surface area contributed by atoms with Gasteiger partial charge in [0.15, 0.2) is 0 Å². The van der Waals surface area contributed by atoms with Gasteiger partial charge < -0.3 is 14.9 Å². The maximum Gasteiger partial charge on any atom is 0.310 e. The largest absolute Gasteiger partial charge is 0.481 e. The summed E-state index contributed by atoms with van der Waals surface area (Å²) in [6.45, 7) is 2.74. The van der Waals surface area contributed by atoms with E-state index in [1.807, 2.05) is 0 Å². The van der Waals surface area contributed by atoms with Gasteiger partial charge in [0.05, 0.1) is 5.92 Å². The number of carboxylic acids is 1. The molecule has 2 fully saturated rings. The van der Waals surface area contributed by atoms with Crippen molar-refractivity contribution in [3.05, 3.63) is 0 Å². The van der Waals surface area contributed by atoms with Crippen LogP contribution in [-0.4, -0.2) is 60.0 Å². The Morgan fingerprint density at radius 2 is 1.69 bits per heavy atom. The molecule has 5 heteroatoms. The van der Waals surface area contributed by atoms with Crippen LogP contribution in [0, 0.1) is 11.8 Å². The van der Waals surface area contributed by atoms with Crippen LogP contribution in [0.15, 0.2) is 0 Å². The Balaban J connectivity index is 1.79. The minimum absolute atomic E-state index is 0.117. The number of amides is 1. The predicted octanol–water partition coefficient (Wildman–Crippen LogP) is -0.129. The van der Waals surface area contributed by atoms with E-state index in [1.54, 1.807) is 4.90 Å². The summed E-state index contributed by atoms with van der Waals surface area (Å²) in [5.74, 6) is -0.848. The van der Waals surface area contributed by atoms with Crippen LogP contribution in [0.1, 0.15) is 12.8 Å². The summed E-state index contributed by atoms with van der Waals surface area (Å²) in [6, 6.07) is 0. The molecule has 2 aliphatic rings. The van der Waals surface area contributed by atoms with Gasteiger partial charge >= 0.3 is 5.97 Å². The van der Waals surface area contributed by atoms with E-state index in [-0.39, 0.29) is 17.7 Å². The van der Waals surface area contributed by atoms with Crippen LogP contribution in [0.4, 0.5) is 0 Å². The predicted molar refractivity (Wildman–Crippen MR) is 57.9 cm³/mol. The molecule has 0 radical (unpaired) electrons. The fraction of sp³-hybridized carbons (Fsp3) is 0.818. The number of nitrogens with zero attached hydrogens (tertiary/aromatic N) is 2. The first-order chi connectivity index (χ1) is 7.58. The Kier molecular flexibility index (Phi) is 3.14. The summed E-state index contributed by atoms with van der Waals surface area (Å²) in [5.41, 5.74) is 0. The summed E-state index contributed by atoms with van der Waals surface area (Å²) in [7, 11) is 2.06. The average molecular weight is 226 g/mol. The highest BCUT2D eigenvalue weighted by molar-refractivity contribution is 5.82. The van der Waals surface area contributed by atoms with Crippen LogP contribution in [0.5, 0.6) is 0 Å². The van der Waals surface area contributed by atoms with Gasteiger partial charge in [-0.3, -0.25) is 9.59 Å². The van der Waals surface area contributed by atoms with Crippen molar-refractivity contribution in [1.29, 1.82) is 0 Å². The number of piperidine rings is 1. The monoisotopic (exact) mass is 226 g/mol. The summed E-state index contributed by atoms with van der Waals surface area (Å²) in [5, 5.41) is 8.73. The molecule has 0 bridgehead atoms. The first kappa shape index (κ1) is 11.4. The fourth-order valence-electron chi connectivity index (χ4n) is 2.33. The minimum Gasteiger partial charge on any atom is -0.481 e. The molecule has 5 nitrogen and oxygen atoms in total. The summed E-state index contributed by atoms with van der Waals surface area (Å²) >= 11 is 0. The lowest BCUT2D eigenvalue weighted by molar-refractivity contribution is -0.155. The Morgan fingerprint density at radius 1 is 1.12 bits per heavy atom. The highest BCUT2D eigenvalue weighted by Crippen LogP contribution is 2.24. The molecule has 0 unspecified atom stereocenters. The third-order valence-corrected chi connectivity index (χ3v) is 3.61. The number of carboxylic acid groups (broad SMARTS) is 1. The maximum atomic E-state index is 12.0. The lowest BCUT2D eigenvalue weighted by Gasteiger charge is -2.40. The lowest BCUT2D eigenvalue weighted by atomic mass is 9.92. The van der Waals surface area contributed by atoms with E-state index in [1.165, 1.54) is 0 Å². The maximum absolute atomic E-state index is 12.0. The van der Waals surface area contributed by atoms with Crippen LogP contribution in [0.3, 0.4) is 0 Å². The molecule has 1 N–H and O–H groups in total. The molecule has 2 saturated heterocycles. The van der Waals surface area contributed by atoms with Gasteiger partial charge in [-0.05, 0) is 33.0 Å². The molecule has 0 aromatic rings. The van der Waals surface area contributed by atoms with Crippen molar-refractivity contribution in [2.45, 2.75) is 12.8 Å². The summed E-state index contributed by atoms with van der Waals surface area (Å²) in [6.07, 6.45) is 1.81. The number of rotatable bonds is 2. The van der Waals surface area contributed by atoms with Gasteiger partial charge in [-0.2, -0.15) is 0 Å². The smallest absolute Gasteiger partial charge is 0.310 e. The highest BCUT2D eigenvalue weighted by atomic mass is 16.4. The molecule has 0 aromatic heterocycles. The summed E-state index contributed by atoms with van der Waals surface area (Å²) < 4.78 is 0. The Bertz CT molecular complexity index is 292. The van der Waals surface area contributed by atoms with Crippen molar-refractivity contribution in [3.8, 4) is 0 Å². The van der Waals surface area contributed by atoms with Crippen molar-refractivity contribution in [3.63, 3.8) is 0 Å². The van der Waals surface area contributed by atoms with Gasteiger partial charge in [0.2, 0.25) is 5.91 Å². The van der Waals surface area contributed by atoms with Crippen molar-refractivity contribution in [1.82, 2.24) is 9.80 Å². The molecule has 2 aliphatic heterocycles. The number of likely N-dealkylation sites (tertiary alicyclic amines) is 2. The van der Waals surface area contributed by atoms with Crippen LogP contribution >= 0.6 is 0 Å². The van der Waals surface area contributed by atoms with E-state index >= 15 is 0 Å². The molecule has 0 atom stereocenters. The zero-order valence-corrected chi connectivity index (χ0v) is 9.56. The van der Waals surface area contributed by atoms with E-state index in [2.05, 4.69) is 11.9 Å². The van der Waals surface area contributed by atoms with Crippen molar-refractivity contribution < 1.29 is 14.7 Å². The molecule has 90 valence electrons. The minimum atomic E-state index is -0.785. The third-order valence-electron chi connectivity index (χ3n) is 3.61. The topological polar surface area (TPSA) is 60.9 Å². The number of carbonyl (C=O) groups is 2. The van der Waals surface area contributed by atoms with Gasteiger partial charge in [0.25, 0.3) is 0 Å². The van der Waals surface area contributed by atoms with E-state index in [4.69, 9.17) is 5.11 Å². The zero-order chi connectivity index (χ0) is 11.7. The lowest BCUT2D eigenvalue weighted by Crippen LogP contribution is -2.55. The molecule has 0 spiro atoms. The van der Waals surface area contributed by atoms with Crippen molar-refractivity contribution >= 4 is 11.9 Å². The van der Waals surface area contributed by atoms with Gasteiger partial charge in [0, 0.05) is 19.0 Å². The van der Waals surface area contributed by atoms with E-state index in [0.717, 1.165) is 25.9 Å². The van der Waals surface area contributed by atoms with Gasteiger partial charge in [-0.15, -0.1) is 0 Å². The van der Waals surface area contributed by atoms with Crippen LogP contribution < -0.4 is 0 Å². The Morgan fingerprint density at radius 3 is 2.19 bits per heavy atom. The normalized spacial score (nSPS) is 24.2. The molecule has 0 aromatic carbocycles. The quantitative estimate of drug-likeness (QED) is 0.712. The molecule has 0 aliphatic carbocycles. The fourth-order valence-corrected chi connectivity index (χ4v) is 2.33. The van der Waals surface area contributed by atoms with Crippen LogP contribution in [-0.2, 0) is 9.59 Å². The number of carbonyl (C=O) groups excluding carboxylic acids is 1. The summed E-state index contributed by atoms with van der Waals surface area (Å²) in [4.78, 5) is 26.5. The molecule has 1 amide bonds. The SMILES string of the molecule is CN1CCC(C(=O)N2CC(C(=O)O)C2)CC1. The molecule has 2 heterocycles. The first-order valence-electron chi connectivity index (χ1n) is 5.78. The van der Waals surface area contributed by atoms with Crippen molar-refractivity contribution in [2.24, 2.45) is 11.8 Å². The molecule has 0 saturated carbocycles. The average Bonchev–Trinajstić information content (AvgIpc) is 2.15. The second-order valence-electron chi connectivity index (χ2n) is 4.86. The number of hydrogen-bond donors (Lipinski definition) is 1. The van der Waals surface area contributed by atoms with E-state index < -0.39 is 5.97 Å². The first-order valence-corrected chi connectivity index (χ1v) is 5.78. The van der Waals surface area contributed by atoms with E-state index in [0.29, 0.717) is 13.1 Å². The van der Waals surface area contributed by atoms with Crippen LogP contribution in [0.25, 0.3) is 0 Å². The highest BCUT2D eigenvalue weighted by Gasteiger charge is 2.38. The number of aliphatic carboxylic acids is 1. The third kappa shape index (κ3) is 2.19. The second kappa shape index (κ2) is 4.41. The van der Waals surface area contributed by atoms with Crippen molar-refractivity contribution in [2.75, 3.05) is 33.2 Å². The van der Waals surface area contributed by atoms with Gasteiger partial charge in [-0.25, -0.2) is 0 Å². The second-order valence-corrected chi connectivity index (χ2v) is 4.86. The molecular formula is C11H18N2O3. The van der Waals surface area contributed by atoms with Gasteiger partial charge in [-0.1, -0.05) is 0 Å². The number of hydrogen-bond acceptors (Lipinski definition) is 3. The standard InChI is InChI=1S/C11H18N2O3/c1-12-4-2-8(3-5-12)10(14)13-6-9(7-13)11(15)16/h8-9H,2-7H2,1H3,(H,15,16). The Hall–Kier alpha value is -1.10. The van der Waals surface area contributed by atoms with Gasteiger partial charge in [0.1, 0.15) is 0 Å². The molecule has 16 heavy (non-hydrogen) atoms. The molecule has 2 rings (SSSR count). The van der Waals surface area contributed by atoms with Crippen LogP contribution in [0.2, 0.25) is 0 Å². The molecular weight excluding hydrogens is 208 g/mol.